The number of hydrogen-bond donors (Lipinski definition) is 2. The SMILES string of the molecule is COc1ccc(C)nc1NC(=O)c1cc(C)[nH]n1. The van der Waals surface area contributed by atoms with Crippen LogP contribution in [0.1, 0.15) is 21.9 Å². The van der Waals surface area contributed by atoms with Gasteiger partial charge in [-0.15, -0.1) is 0 Å². The van der Waals surface area contributed by atoms with E-state index in [1.165, 1.54) is 7.11 Å². The standard InChI is InChI=1S/C12H14N4O2/c1-7-4-5-10(18-3)11(13-7)14-12(17)9-6-8(2)15-16-9/h4-6H,1-3H3,(H,15,16)(H,13,14,17). The van der Waals surface area contributed by atoms with Gasteiger partial charge in [0.2, 0.25) is 0 Å². The van der Waals surface area contributed by atoms with Crippen LogP contribution in [0.4, 0.5) is 5.82 Å². The minimum Gasteiger partial charge on any atom is -0.493 e. The van der Waals surface area contributed by atoms with Gasteiger partial charge in [-0.2, -0.15) is 5.10 Å². The van der Waals surface area contributed by atoms with Crippen LogP contribution in [-0.4, -0.2) is 28.2 Å². The van der Waals surface area contributed by atoms with Crippen molar-refractivity contribution in [2.75, 3.05) is 12.4 Å². The summed E-state index contributed by atoms with van der Waals surface area (Å²) in [5.74, 6) is 0.583. The first-order valence-electron chi connectivity index (χ1n) is 5.45. The molecule has 0 aliphatic carbocycles. The van der Waals surface area contributed by atoms with Gasteiger partial charge in [0.25, 0.3) is 5.91 Å². The minimum absolute atomic E-state index is 0.317. The second-order valence-corrected chi connectivity index (χ2v) is 3.89. The molecule has 0 aliphatic rings. The van der Waals surface area contributed by atoms with Crippen molar-refractivity contribution in [3.8, 4) is 5.75 Å². The Morgan fingerprint density at radius 3 is 2.78 bits per heavy atom. The number of amides is 1. The number of methoxy groups -OCH3 is 1. The molecular formula is C12H14N4O2. The summed E-state index contributed by atoms with van der Waals surface area (Å²) in [6, 6.07) is 5.23. The van der Waals surface area contributed by atoms with Crippen molar-refractivity contribution in [3.05, 3.63) is 35.3 Å². The molecule has 2 aromatic rings. The molecule has 0 spiro atoms. The number of anilines is 1. The molecule has 0 saturated heterocycles. The average Bonchev–Trinajstić information content (AvgIpc) is 2.76. The fourth-order valence-corrected chi connectivity index (χ4v) is 1.50. The molecule has 2 heterocycles. The van der Waals surface area contributed by atoms with E-state index in [0.29, 0.717) is 17.3 Å². The van der Waals surface area contributed by atoms with Crippen LogP contribution >= 0.6 is 0 Å². The second kappa shape index (κ2) is 4.87. The molecule has 0 saturated carbocycles. The monoisotopic (exact) mass is 246 g/mol. The van der Waals surface area contributed by atoms with Gasteiger partial charge in [0.05, 0.1) is 7.11 Å². The molecule has 2 aromatic heterocycles. The van der Waals surface area contributed by atoms with Gasteiger partial charge in [-0.05, 0) is 32.0 Å². The Hall–Kier alpha value is -2.37. The molecule has 6 nitrogen and oxygen atoms in total. The summed E-state index contributed by atoms with van der Waals surface area (Å²) in [5.41, 5.74) is 1.94. The number of nitrogens with one attached hydrogen (secondary N) is 2. The number of pyridine rings is 1. The average molecular weight is 246 g/mol. The predicted octanol–water partition coefficient (Wildman–Crippen LogP) is 1.68. The zero-order valence-corrected chi connectivity index (χ0v) is 10.4. The van der Waals surface area contributed by atoms with Crippen molar-refractivity contribution in [2.45, 2.75) is 13.8 Å². The van der Waals surface area contributed by atoms with E-state index >= 15 is 0 Å². The van der Waals surface area contributed by atoms with E-state index in [1.807, 2.05) is 19.9 Å². The first kappa shape index (κ1) is 12.1. The van der Waals surface area contributed by atoms with E-state index in [0.717, 1.165) is 11.4 Å². The molecular weight excluding hydrogens is 232 g/mol. The number of carbonyl (C=O) groups is 1. The number of aromatic nitrogens is 3. The van der Waals surface area contributed by atoms with E-state index in [9.17, 15) is 4.79 Å². The van der Waals surface area contributed by atoms with Crippen LogP contribution in [0.25, 0.3) is 0 Å². The summed E-state index contributed by atoms with van der Waals surface area (Å²) < 4.78 is 5.14. The number of H-pyrrole nitrogens is 1. The fraction of sp³-hybridized carbons (Fsp3) is 0.250. The lowest BCUT2D eigenvalue weighted by molar-refractivity contribution is 0.102. The summed E-state index contributed by atoms with van der Waals surface area (Å²) in [7, 11) is 1.53. The maximum Gasteiger partial charge on any atom is 0.277 e. The van der Waals surface area contributed by atoms with Crippen LogP contribution in [0.15, 0.2) is 18.2 Å². The first-order valence-corrected chi connectivity index (χ1v) is 5.45. The smallest absolute Gasteiger partial charge is 0.277 e. The maximum absolute atomic E-state index is 11.9. The van der Waals surface area contributed by atoms with Gasteiger partial charge in [-0.25, -0.2) is 4.98 Å². The largest absolute Gasteiger partial charge is 0.493 e. The summed E-state index contributed by atoms with van der Waals surface area (Å²) >= 11 is 0. The predicted molar refractivity (Wildman–Crippen MR) is 66.8 cm³/mol. The number of aromatic amines is 1. The molecule has 0 radical (unpaired) electrons. The Kier molecular flexibility index (Phi) is 3.27. The van der Waals surface area contributed by atoms with Gasteiger partial charge >= 0.3 is 0 Å². The summed E-state index contributed by atoms with van der Waals surface area (Å²) in [4.78, 5) is 16.1. The number of ether oxygens (including phenoxy) is 1. The van der Waals surface area contributed by atoms with Crippen molar-refractivity contribution >= 4 is 11.7 Å². The zero-order chi connectivity index (χ0) is 13.1. The summed E-state index contributed by atoms with van der Waals surface area (Å²) in [6.07, 6.45) is 0. The lowest BCUT2D eigenvalue weighted by Crippen LogP contribution is -2.14. The van der Waals surface area contributed by atoms with E-state index < -0.39 is 0 Å². The summed E-state index contributed by atoms with van der Waals surface area (Å²) in [6.45, 7) is 3.67. The normalized spacial score (nSPS) is 10.2. The molecule has 6 heteroatoms. The van der Waals surface area contributed by atoms with Crippen LogP contribution < -0.4 is 10.1 Å². The van der Waals surface area contributed by atoms with Gasteiger partial charge in [-0.1, -0.05) is 0 Å². The molecule has 2 N–H and O–H groups in total. The Labute approximate surface area is 104 Å². The Morgan fingerprint density at radius 1 is 1.39 bits per heavy atom. The Morgan fingerprint density at radius 2 is 2.17 bits per heavy atom. The van der Waals surface area contributed by atoms with Crippen LogP contribution in [0, 0.1) is 13.8 Å². The van der Waals surface area contributed by atoms with E-state index in [2.05, 4.69) is 20.5 Å². The van der Waals surface area contributed by atoms with Gasteiger partial charge < -0.3 is 10.1 Å². The van der Waals surface area contributed by atoms with E-state index in [1.54, 1.807) is 12.1 Å². The Balaban J connectivity index is 2.23. The van der Waals surface area contributed by atoms with Gasteiger partial charge in [0.15, 0.2) is 17.3 Å². The molecule has 0 aliphatic heterocycles. The highest BCUT2D eigenvalue weighted by atomic mass is 16.5. The third-order valence-corrected chi connectivity index (χ3v) is 2.39. The number of rotatable bonds is 3. The topological polar surface area (TPSA) is 79.9 Å². The van der Waals surface area contributed by atoms with Crippen molar-refractivity contribution in [2.24, 2.45) is 0 Å². The fourth-order valence-electron chi connectivity index (χ4n) is 1.50. The van der Waals surface area contributed by atoms with Crippen LogP contribution in [0.3, 0.4) is 0 Å². The molecule has 0 atom stereocenters. The number of hydrogen-bond acceptors (Lipinski definition) is 4. The van der Waals surface area contributed by atoms with E-state index in [4.69, 9.17) is 4.74 Å². The van der Waals surface area contributed by atoms with Crippen molar-refractivity contribution < 1.29 is 9.53 Å². The molecule has 0 fully saturated rings. The molecule has 0 bridgehead atoms. The lowest BCUT2D eigenvalue weighted by Gasteiger charge is -2.08. The van der Waals surface area contributed by atoms with Gasteiger partial charge in [0, 0.05) is 11.4 Å². The third kappa shape index (κ3) is 2.48. The highest BCUT2D eigenvalue weighted by molar-refractivity contribution is 6.03. The molecule has 0 unspecified atom stereocenters. The molecule has 18 heavy (non-hydrogen) atoms. The van der Waals surface area contributed by atoms with Crippen molar-refractivity contribution in [3.63, 3.8) is 0 Å². The van der Waals surface area contributed by atoms with Gasteiger partial charge in [0.1, 0.15) is 0 Å². The molecule has 1 amide bonds. The quantitative estimate of drug-likeness (QED) is 0.863. The first-order chi connectivity index (χ1) is 8.60. The molecule has 0 aromatic carbocycles. The summed E-state index contributed by atoms with van der Waals surface area (Å²) in [5, 5.41) is 9.27. The van der Waals surface area contributed by atoms with Crippen LogP contribution in [0.5, 0.6) is 5.75 Å². The molecule has 2 rings (SSSR count). The molecule has 94 valence electrons. The number of carbonyl (C=O) groups excluding carboxylic acids is 1. The lowest BCUT2D eigenvalue weighted by atomic mass is 10.3. The van der Waals surface area contributed by atoms with Crippen molar-refractivity contribution in [1.82, 2.24) is 15.2 Å². The second-order valence-electron chi connectivity index (χ2n) is 3.89. The highest BCUT2D eigenvalue weighted by Crippen LogP contribution is 2.22. The minimum atomic E-state index is -0.323. The van der Waals surface area contributed by atoms with Crippen LogP contribution in [0.2, 0.25) is 0 Å². The van der Waals surface area contributed by atoms with E-state index in [-0.39, 0.29) is 5.91 Å². The third-order valence-electron chi connectivity index (χ3n) is 2.39. The van der Waals surface area contributed by atoms with Gasteiger partial charge in [-0.3, -0.25) is 9.89 Å². The number of nitrogens with zero attached hydrogens (tertiary/aromatic N) is 2. The Bertz CT molecular complexity index is 577. The maximum atomic E-state index is 11.9. The van der Waals surface area contributed by atoms with Crippen molar-refractivity contribution in [1.29, 1.82) is 0 Å². The number of aryl methyl sites for hydroxylation is 2. The van der Waals surface area contributed by atoms with Crippen LogP contribution in [-0.2, 0) is 0 Å². The zero-order valence-electron chi connectivity index (χ0n) is 10.4. The highest BCUT2D eigenvalue weighted by Gasteiger charge is 2.13.